The molecule has 0 radical (unpaired) electrons. The van der Waals surface area contributed by atoms with Crippen molar-refractivity contribution in [2.24, 2.45) is 5.92 Å². The van der Waals surface area contributed by atoms with E-state index >= 15 is 0 Å². The highest BCUT2D eigenvalue weighted by Gasteiger charge is 2.24. The van der Waals surface area contributed by atoms with Gasteiger partial charge in [0.2, 0.25) is 0 Å². The van der Waals surface area contributed by atoms with Crippen molar-refractivity contribution >= 4 is 17.5 Å². The van der Waals surface area contributed by atoms with Gasteiger partial charge in [0.15, 0.2) is 0 Å². The molecule has 1 heterocycles. The number of nitrogens with zero attached hydrogens (tertiary/aromatic N) is 2. The number of piperidine rings is 1. The summed E-state index contributed by atoms with van der Waals surface area (Å²) in [5.41, 5.74) is 1.32. The molecule has 3 nitrogen and oxygen atoms in total. The Morgan fingerprint density at radius 3 is 2.74 bits per heavy atom. The predicted octanol–water partition coefficient (Wildman–Crippen LogP) is 4.51. The number of benzene rings is 2. The van der Waals surface area contributed by atoms with Gasteiger partial charge in [0.05, 0.1) is 10.6 Å². The molecule has 144 valence electrons. The van der Waals surface area contributed by atoms with Gasteiger partial charge in [-0.05, 0) is 55.5 Å². The average molecular weight is 389 g/mol. The first-order valence-electron chi connectivity index (χ1n) is 9.50. The molecule has 1 aliphatic rings. The third kappa shape index (κ3) is 5.30. The minimum Gasteiger partial charge on any atom is -0.341 e. The summed E-state index contributed by atoms with van der Waals surface area (Å²) in [7, 11) is 1.84. The minimum atomic E-state index is -0.129. The van der Waals surface area contributed by atoms with Crippen molar-refractivity contribution in [3.8, 4) is 0 Å². The highest BCUT2D eigenvalue weighted by molar-refractivity contribution is 6.33. The van der Waals surface area contributed by atoms with E-state index < -0.39 is 0 Å². The van der Waals surface area contributed by atoms with Gasteiger partial charge in [-0.3, -0.25) is 4.79 Å². The zero-order valence-corrected chi connectivity index (χ0v) is 16.5. The number of rotatable bonds is 6. The van der Waals surface area contributed by atoms with Crippen molar-refractivity contribution in [2.75, 3.05) is 33.2 Å². The van der Waals surface area contributed by atoms with Gasteiger partial charge >= 0.3 is 0 Å². The van der Waals surface area contributed by atoms with Crippen LogP contribution in [0.15, 0.2) is 48.5 Å². The van der Waals surface area contributed by atoms with Gasteiger partial charge in [-0.15, -0.1) is 0 Å². The summed E-state index contributed by atoms with van der Waals surface area (Å²) in [6, 6.07) is 14.1. The number of hydrogen-bond acceptors (Lipinski definition) is 2. The molecule has 0 spiro atoms. The molecular weight excluding hydrogens is 363 g/mol. The van der Waals surface area contributed by atoms with Crippen LogP contribution in [0.3, 0.4) is 0 Å². The van der Waals surface area contributed by atoms with Crippen LogP contribution in [-0.4, -0.2) is 48.9 Å². The fourth-order valence-corrected chi connectivity index (χ4v) is 4.01. The second-order valence-electron chi connectivity index (χ2n) is 7.32. The molecule has 0 N–H and O–H groups in total. The Morgan fingerprint density at radius 1 is 1.22 bits per heavy atom. The van der Waals surface area contributed by atoms with Crippen molar-refractivity contribution in [1.82, 2.24) is 9.80 Å². The fourth-order valence-electron chi connectivity index (χ4n) is 3.79. The Labute approximate surface area is 165 Å². The van der Waals surface area contributed by atoms with Crippen LogP contribution in [-0.2, 0) is 6.42 Å². The molecule has 1 saturated heterocycles. The molecule has 2 aromatic carbocycles. The molecule has 0 aliphatic carbocycles. The molecule has 0 saturated carbocycles. The SMILES string of the molecule is CN(CC1CCCN(CCc2ccccc2F)C1)C(=O)c1ccccc1Cl. The second kappa shape index (κ2) is 9.34. The highest BCUT2D eigenvalue weighted by Crippen LogP contribution is 2.21. The number of carbonyl (C=O) groups excluding carboxylic acids is 1. The van der Waals surface area contributed by atoms with Gasteiger partial charge in [-0.2, -0.15) is 0 Å². The lowest BCUT2D eigenvalue weighted by atomic mass is 9.96. The summed E-state index contributed by atoms with van der Waals surface area (Å²) in [5, 5.41) is 0.490. The van der Waals surface area contributed by atoms with Crippen molar-refractivity contribution in [2.45, 2.75) is 19.3 Å². The Bertz CT molecular complexity index is 782. The van der Waals surface area contributed by atoms with Crippen molar-refractivity contribution < 1.29 is 9.18 Å². The molecule has 1 fully saturated rings. The Hall–Kier alpha value is -1.91. The smallest absolute Gasteiger partial charge is 0.255 e. The van der Waals surface area contributed by atoms with Gasteiger partial charge < -0.3 is 9.80 Å². The monoisotopic (exact) mass is 388 g/mol. The van der Waals surface area contributed by atoms with E-state index in [1.807, 2.05) is 31.3 Å². The van der Waals surface area contributed by atoms with E-state index in [1.54, 1.807) is 23.1 Å². The van der Waals surface area contributed by atoms with Gasteiger partial charge in [0, 0.05) is 26.7 Å². The lowest BCUT2D eigenvalue weighted by Crippen LogP contribution is -2.42. The minimum absolute atomic E-state index is 0.0379. The largest absolute Gasteiger partial charge is 0.341 e. The molecule has 1 amide bonds. The Morgan fingerprint density at radius 2 is 1.96 bits per heavy atom. The third-order valence-corrected chi connectivity index (χ3v) is 5.57. The van der Waals surface area contributed by atoms with Crippen LogP contribution in [0.1, 0.15) is 28.8 Å². The topological polar surface area (TPSA) is 23.6 Å². The zero-order chi connectivity index (χ0) is 19.2. The first kappa shape index (κ1) is 19.8. The molecule has 0 bridgehead atoms. The maximum atomic E-state index is 13.8. The van der Waals surface area contributed by atoms with Crippen LogP contribution in [0.4, 0.5) is 4.39 Å². The van der Waals surface area contributed by atoms with Crippen LogP contribution < -0.4 is 0 Å². The number of hydrogen-bond donors (Lipinski definition) is 0. The maximum Gasteiger partial charge on any atom is 0.255 e. The van der Waals surface area contributed by atoms with Crippen molar-refractivity contribution in [1.29, 1.82) is 0 Å². The Balaban J connectivity index is 1.52. The summed E-state index contributed by atoms with van der Waals surface area (Å²) in [6.45, 7) is 3.53. The van der Waals surface area contributed by atoms with Crippen molar-refractivity contribution in [3.63, 3.8) is 0 Å². The molecule has 3 rings (SSSR count). The van der Waals surface area contributed by atoms with Crippen LogP contribution in [0.5, 0.6) is 0 Å². The summed E-state index contributed by atoms with van der Waals surface area (Å²) in [4.78, 5) is 16.8. The van der Waals surface area contributed by atoms with E-state index in [-0.39, 0.29) is 11.7 Å². The molecule has 1 unspecified atom stereocenters. The van der Waals surface area contributed by atoms with E-state index in [0.29, 0.717) is 29.5 Å². The number of halogens is 2. The first-order valence-corrected chi connectivity index (χ1v) is 9.88. The van der Waals surface area contributed by atoms with E-state index in [1.165, 1.54) is 6.07 Å². The molecule has 1 aliphatic heterocycles. The second-order valence-corrected chi connectivity index (χ2v) is 7.72. The first-order chi connectivity index (χ1) is 13.0. The van der Waals surface area contributed by atoms with E-state index in [9.17, 15) is 9.18 Å². The molecule has 0 aromatic heterocycles. The Kier molecular flexibility index (Phi) is 6.86. The fraction of sp³-hybridized carbons (Fsp3) is 0.409. The van der Waals surface area contributed by atoms with Gasteiger partial charge in [-0.1, -0.05) is 41.9 Å². The van der Waals surface area contributed by atoms with E-state index in [0.717, 1.165) is 38.0 Å². The van der Waals surface area contributed by atoms with Crippen molar-refractivity contribution in [3.05, 3.63) is 70.5 Å². The van der Waals surface area contributed by atoms with Crippen LogP contribution >= 0.6 is 11.6 Å². The average Bonchev–Trinajstić information content (AvgIpc) is 2.67. The number of likely N-dealkylation sites (tertiary alicyclic amines) is 1. The standard InChI is InChI=1S/C22H26ClFN2O/c1-25(22(27)19-9-3-4-10-20(19)23)15-17-7-6-13-26(16-17)14-12-18-8-2-5-11-21(18)24/h2-5,8-11,17H,6-7,12-16H2,1H3. The maximum absolute atomic E-state index is 13.8. The van der Waals surface area contributed by atoms with Crippen LogP contribution in [0, 0.1) is 11.7 Å². The molecule has 27 heavy (non-hydrogen) atoms. The van der Waals surface area contributed by atoms with Crippen LogP contribution in [0.25, 0.3) is 0 Å². The lowest BCUT2D eigenvalue weighted by molar-refractivity contribution is 0.0730. The summed E-state index contributed by atoms with van der Waals surface area (Å²) in [5.74, 6) is 0.260. The van der Waals surface area contributed by atoms with E-state index in [4.69, 9.17) is 11.6 Å². The normalized spacial score (nSPS) is 17.7. The zero-order valence-electron chi connectivity index (χ0n) is 15.7. The summed E-state index contributed by atoms with van der Waals surface area (Å²) < 4.78 is 13.8. The van der Waals surface area contributed by atoms with E-state index in [2.05, 4.69) is 4.90 Å². The predicted molar refractivity (Wildman–Crippen MR) is 108 cm³/mol. The van der Waals surface area contributed by atoms with Gasteiger partial charge in [-0.25, -0.2) is 4.39 Å². The number of carbonyl (C=O) groups is 1. The molecule has 5 heteroatoms. The quantitative estimate of drug-likeness (QED) is 0.727. The summed E-state index contributed by atoms with van der Waals surface area (Å²) in [6.07, 6.45) is 2.93. The molecule has 2 aromatic rings. The summed E-state index contributed by atoms with van der Waals surface area (Å²) >= 11 is 6.15. The van der Waals surface area contributed by atoms with Crippen LogP contribution in [0.2, 0.25) is 5.02 Å². The molecular formula is C22H26ClFN2O. The third-order valence-electron chi connectivity index (χ3n) is 5.24. The van der Waals surface area contributed by atoms with Gasteiger partial charge in [0.25, 0.3) is 5.91 Å². The lowest BCUT2D eigenvalue weighted by Gasteiger charge is -2.34. The number of amides is 1. The highest BCUT2D eigenvalue weighted by atomic mass is 35.5. The van der Waals surface area contributed by atoms with Gasteiger partial charge in [0.1, 0.15) is 5.82 Å². The molecule has 1 atom stereocenters.